The Morgan fingerprint density at radius 3 is 2.08 bits per heavy atom. The van der Waals surface area contributed by atoms with E-state index in [0.717, 1.165) is 16.1 Å². The van der Waals surface area contributed by atoms with Crippen molar-refractivity contribution in [1.82, 2.24) is 10.2 Å². The summed E-state index contributed by atoms with van der Waals surface area (Å²) in [5, 5.41) is 3.80. The summed E-state index contributed by atoms with van der Waals surface area (Å²) < 4.78 is 26.8. The molecule has 7 nitrogen and oxygen atoms in total. The Morgan fingerprint density at radius 2 is 1.49 bits per heavy atom. The molecule has 208 valence electrons. The largest absolute Gasteiger partial charge is 0.355 e. The summed E-state index contributed by atoms with van der Waals surface area (Å²) in [6, 6.07) is 18.1. The van der Waals surface area contributed by atoms with E-state index in [4.69, 9.17) is 34.8 Å². The number of likely N-dealkylation sites (N-methyl/N-ethyl adjacent to an activating group) is 1. The van der Waals surface area contributed by atoms with Crippen LogP contribution in [0.4, 0.5) is 5.69 Å². The first-order valence-electron chi connectivity index (χ1n) is 12.2. The number of anilines is 1. The highest BCUT2D eigenvalue weighted by Crippen LogP contribution is 2.30. The number of halogens is 3. The lowest BCUT2D eigenvalue weighted by molar-refractivity contribution is -0.140. The molecule has 0 radical (unpaired) electrons. The molecule has 3 rings (SSSR count). The number of nitrogens with zero attached hydrogens (tertiary/aromatic N) is 2. The molecule has 39 heavy (non-hydrogen) atoms. The third kappa shape index (κ3) is 7.88. The van der Waals surface area contributed by atoms with Crippen molar-refractivity contribution in [3.63, 3.8) is 0 Å². The second kappa shape index (κ2) is 13.5. The molecule has 0 aliphatic carbocycles. The molecule has 3 aromatic carbocycles. The van der Waals surface area contributed by atoms with E-state index in [0.29, 0.717) is 32.7 Å². The fourth-order valence-electron chi connectivity index (χ4n) is 4.16. The Balaban J connectivity index is 2.11. The van der Waals surface area contributed by atoms with Gasteiger partial charge in [0.15, 0.2) is 0 Å². The lowest BCUT2D eigenvalue weighted by Crippen LogP contribution is -2.53. The summed E-state index contributed by atoms with van der Waals surface area (Å²) in [7, 11) is -3.92. The maximum absolute atomic E-state index is 14.1. The highest BCUT2D eigenvalue weighted by atomic mass is 35.5. The molecule has 0 fully saturated rings. The minimum Gasteiger partial charge on any atom is -0.355 e. The predicted octanol–water partition coefficient (Wildman–Crippen LogP) is 5.50. The molecular weight excluding hydrogens is 581 g/mol. The first-order valence-corrected chi connectivity index (χ1v) is 15.2. The first-order chi connectivity index (χ1) is 18.4. The van der Waals surface area contributed by atoms with Gasteiger partial charge in [0, 0.05) is 40.1 Å². The fourth-order valence-corrected chi connectivity index (χ4v) is 5.75. The first kappa shape index (κ1) is 30.8. The summed E-state index contributed by atoms with van der Waals surface area (Å²) in [5.74, 6) is -0.995. The third-order valence-corrected chi connectivity index (χ3v) is 8.44. The third-order valence-electron chi connectivity index (χ3n) is 6.20. The van der Waals surface area contributed by atoms with E-state index in [2.05, 4.69) is 5.32 Å². The molecule has 0 bridgehead atoms. The van der Waals surface area contributed by atoms with E-state index in [-0.39, 0.29) is 24.6 Å². The van der Waals surface area contributed by atoms with Crippen LogP contribution in [0.1, 0.15) is 23.6 Å². The SMILES string of the molecule is CCNC(=O)[C@H](Cc1ccccc1)N(Cc1c(Cl)cccc1Cl)C(=O)CN(c1cccc(Cl)c1C)S(C)(=O)=O. The Labute approximate surface area is 244 Å². The lowest BCUT2D eigenvalue weighted by Gasteiger charge is -2.34. The number of carbonyl (C=O) groups excluding carboxylic acids is 2. The van der Waals surface area contributed by atoms with Crippen molar-refractivity contribution < 1.29 is 18.0 Å². The molecule has 1 N–H and O–H groups in total. The van der Waals surface area contributed by atoms with Gasteiger partial charge in [0.1, 0.15) is 12.6 Å². The normalized spacial score (nSPS) is 12.1. The van der Waals surface area contributed by atoms with Crippen LogP contribution < -0.4 is 9.62 Å². The van der Waals surface area contributed by atoms with Crippen LogP contribution in [0.3, 0.4) is 0 Å². The van der Waals surface area contributed by atoms with Crippen LogP contribution in [0.5, 0.6) is 0 Å². The Morgan fingerprint density at radius 1 is 0.897 bits per heavy atom. The second-order valence-corrected chi connectivity index (χ2v) is 12.1. The molecule has 3 aromatic rings. The van der Waals surface area contributed by atoms with Crippen molar-refractivity contribution in [3.8, 4) is 0 Å². The van der Waals surface area contributed by atoms with Gasteiger partial charge in [-0.1, -0.05) is 77.3 Å². The molecule has 2 amide bonds. The van der Waals surface area contributed by atoms with E-state index in [1.165, 1.54) is 4.90 Å². The lowest BCUT2D eigenvalue weighted by atomic mass is 10.0. The van der Waals surface area contributed by atoms with Crippen LogP contribution >= 0.6 is 34.8 Å². The number of benzene rings is 3. The van der Waals surface area contributed by atoms with Crippen LogP contribution in [-0.2, 0) is 32.6 Å². The summed E-state index contributed by atoms with van der Waals surface area (Å²) in [5.41, 5.74) is 2.04. The molecule has 1 atom stereocenters. The summed E-state index contributed by atoms with van der Waals surface area (Å²) >= 11 is 19.2. The molecule has 0 heterocycles. The van der Waals surface area contributed by atoms with E-state index in [9.17, 15) is 18.0 Å². The van der Waals surface area contributed by atoms with Gasteiger partial charge >= 0.3 is 0 Å². The van der Waals surface area contributed by atoms with Crippen LogP contribution in [-0.4, -0.2) is 50.5 Å². The zero-order valence-electron chi connectivity index (χ0n) is 21.8. The molecule has 0 saturated carbocycles. The van der Waals surface area contributed by atoms with Crippen LogP contribution in [0, 0.1) is 6.92 Å². The summed E-state index contributed by atoms with van der Waals surface area (Å²) in [4.78, 5) is 28.8. The predicted molar refractivity (Wildman–Crippen MR) is 158 cm³/mol. The van der Waals surface area contributed by atoms with E-state index in [1.54, 1.807) is 50.2 Å². The standard InChI is InChI=1S/C28H30Cl3N3O4S/c1-4-32-28(36)26(16-20-10-6-5-7-11-20)33(17-21-23(30)13-8-14-24(21)31)27(35)18-34(39(3,37)38)25-15-9-12-22(29)19(25)2/h5-15,26H,4,16-18H2,1-3H3,(H,32,36)/t26-/m0/s1. The molecule has 0 spiro atoms. The van der Waals surface area contributed by atoms with Crippen LogP contribution in [0.2, 0.25) is 15.1 Å². The average molecular weight is 611 g/mol. The van der Waals surface area contributed by atoms with Crippen LogP contribution in [0.15, 0.2) is 66.7 Å². The number of carbonyl (C=O) groups is 2. The molecule has 11 heteroatoms. The second-order valence-electron chi connectivity index (χ2n) is 8.98. The van der Waals surface area contributed by atoms with E-state index < -0.39 is 28.5 Å². The molecular formula is C28H30Cl3N3O4S. The van der Waals surface area contributed by atoms with Crippen molar-refractivity contribution in [2.45, 2.75) is 32.9 Å². The van der Waals surface area contributed by atoms with Gasteiger partial charge < -0.3 is 10.2 Å². The van der Waals surface area contributed by atoms with E-state index >= 15 is 0 Å². The van der Waals surface area contributed by atoms with Gasteiger partial charge in [-0.2, -0.15) is 0 Å². The van der Waals surface area contributed by atoms with Gasteiger partial charge in [0.25, 0.3) is 0 Å². The highest BCUT2D eigenvalue weighted by Gasteiger charge is 2.34. The number of hydrogen-bond acceptors (Lipinski definition) is 4. The van der Waals surface area contributed by atoms with Gasteiger partial charge in [-0.3, -0.25) is 13.9 Å². The molecule has 0 aliphatic heterocycles. The van der Waals surface area contributed by atoms with Crippen molar-refractivity contribution >= 4 is 62.3 Å². The van der Waals surface area contributed by atoms with Crippen molar-refractivity contribution in [1.29, 1.82) is 0 Å². The number of nitrogens with one attached hydrogen (secondary N) is 1. The van der Waals surface area contributed by atoms with Crippen molar-refractivity contribution in [2.75, 3.05) is 23.7 Å². The summed E-state index contributed by atoms with van der Waals surface area (Å²) in [6.07, 6.45) is 1.21. The minimum absolute atomic E-state index is 0.113. The molecule has 0 saturated heterocycles. The Bertz CT molecular complexity index is 1410. The minimum atomic E-state index is -3.92. The molecule has 0 aliphatic rings. The number of hydrogen-bond donors (Lipinski definition) is 1. The van der Waals surface area contributed by atoms with Gasteiger partial charge in [0.2, 0.25) is 21.8 Å². The topological polar surface area (TPSA) is 86.8 Å². The summed E-state index contributed by atoms with van der Waals surface area (Å²) in [6.45, 7) is 3.12. The zero-order valence-corrected chi connectivity index (χ0v) is 24.9. The van der Waals surface area contributed by atoms with Gasteiger partial charge in [-0.05, 0) is 49.2 Å². The Kier molecular flexibility index (Phi) is 10.7. The quantitative estimate of drug-likeness (QED) is 0.311. The van der Waals surface area contributed by atoms with Crippen LogP contribution in [0.25, 0.3) is 0 Å². The molecule has 0 unspecified atom stereocenters. The number of sulfonamides is 1. The number of rotatable bonds is 11. The maximum atomic E-state index is 14.1. The van der Waals surface area contributed by atoms with Crippen molar-refractivity contribution in [2.24, 2.45) is 0 Å². The maximum Gasteiger partial charge on any atom is 0.244 e. The monoisotopic (exact) mass is 609 g/mol. The van der Waals surface area contributed by atoms with Crippen molar-refractivity contribution in [3.05, 3.63) is 98.5 Å². The van der Waals surface area contributed by atoms with Gasteiger partial charge in [0.05, 0.1) is 11.9 Å². The zero-order chi connectivity index (χ0) is 28.7. The fraction of sp³-hybridized carbons (Fsp3) is 0.286. The van der Waals surface area contributed by atoms with Gasteiger partial charge in [-0.25, -0.2) is 8.42 Å². The smallest absolute Gasteiger partial charge is 0.244 e. The average Bonchev–Trinajstić information content (AvgIpc) is 2.88. The van der Waals surface area contributed by atoms with E-state index in [1.807, 2.05) is 30.3 Å². The Hall–Kier alpha value is -2.78. The highest BCUT2D eigenvalue weighted by molar-refractivity contribution is 7.92. The number of amides is 2. The molecule has 0 aromatic heterocycles. The van der Waals surface area contributed by atoms with Gasteiger partial charge in [-0.15, -0.1) is 0 Å².